The smallest absolute Gasteiger partial charge is 0.126 e. The molecule has 0 aliphatic rings. The zero-order chi connectivity index (χ0) is 11.1. The molecule has 3 N–H and O–H groups in total. The van der Waals surface area contributed by atoms with Crippen molar-refractivity contribution in [3.05, 3.63) is 29.3 Å². The van der Waals surface area contributed by atoms with Crippen LogP contribution in [0.15, 0.2) is 18.2 Å². The number of aliphatic hydroxyl groups excluding tert-OH is 1. The molecule has 0 bridgehead atoms. The third-order valence-corrected chi connectivity index (χ3v) is 2.31. The summed E-state index contributed by atoms with van der Waals surface area (Å²) in [4.78, 5) is 0. The SMILES string of the molecule is Cc1cccc(CN)c1OCCCCO. The minimum absolute atomic E-state index is 0.223. The lowest BCUT2D eigenvalue weighted by Gasteiger charge is -2.12. The Kier molecular flexibility index (Phi) is 5.15. The molecule has 0 heterocycles. The normalized spacial score (nSPS) is 10.3. The van der Waals surface area contributed by atoms with Crippen LogP contribution >= 0.6 is 0 Å². The molecule has 0 aliphatic heterocycles. The third kappa shape index (κ3) is 3.53. The number of hydrogen-bond donors (Lipinski definition) is 2. The van der Waals surface area contributed by atoms with Crippen molar-refractivity contribution in [1.82, 2.24) is 0 Å². The van der Waals surface area contributed by atoms with Gasteiger partial charge in [0.05, 0.1) is 6.61 Å². The van der Waals surface area contributed by atoms with Gasteiger partial charge in [-0.25, -0.2) is 0 Å². The Bertz CT molecular complexity index is 300. The molecule has 0 amide bonds. The molecular formula is C12H19NO2. The molecule has 1 rings (SSSR count). The minimum atomic E-state index is 0.223. The third-order valence-electron chi connectivity index (χ3n) is 2.31. The van der Waals surface area contributed by atoms with Crippen LogP contribution in [0.25, 0.3) is 0 Å². The summed E-state index contributed by atoms with van der Waals surface area (Å²) in [6, 6.07) is 5.98. The summed E-state index contributed by atoms with van der Waals surface area (Å²) in [5, 5.41) is 8.64. The predicted octanol–water partition coefficient (Wildman–Crippen LogP) is 1.61. The van der Waals surface area contributed by atoms with E-state index in [1.807, 2.05) is 25.1 Å². The molecule has 1 aromatic carbocycles. The first-order valence-corrected chi connectivity index (χ1v) is 5.31. The number of rotatable bonds is 6. The average Bonchev–Trinajstić information content (AvgIpc) is 2.26. The first-order chi connectivity index (χ1) is 7.29. The topological polar surface area (TPSA) is 55.5 Å². The van der Waals surface area contributed by atoms with E-state index < -0.39 is 0 Å². The Morgan fingerprint density at radius 2 is 2.13 bits per heavy atom. The molecule has 0 spiro atoms. The molecule has 0 saturated carbocycles. The summed E-state index contributed by atoms with van der Waals surface area (Å²) < 4.78 is 5.67. The van der Waals surface area contributed by atoms with Crippen molar-refractivity contribution < 1.29 is 9.84 Å². The summed E-state index contributed by atoms with van der Waals surface area (Å²) in [7, 11) is 0. The van der Waals surface area contributed by atoms with Gasteiger partial charge >= 0.3 is 0 Å². The summed E-state index contributed by atoms with van der Waals surface area (Å²) in [5.74, 6) is 0.901. The molecular weight excluding hydrogens is 190 g/mol. The van der Waals surface area contributed by atoms with E-state index in [-0.39, 0.29) is 6.61 Å². The number of aliphatic hydroxyl groups is 1. The summed E-state index contributed by atoms with van der Waals surface area (Å²) in [6.45, 7) is 3.37. The summed E-state index contributed by atoms with van der Waals surface area (Å²) in [6.07, 6.45) is 1.65. The van der Waals surface area contributed by atoms with Crippen LogP contribution in [0.1, 0.15) is 24.0 Å². The summed E-state index contributed by atoms with van der Waals surface area (Å²) >= 11 is 0. The second-order valence-corrected chi connectivity index (χ2v) is 3.55. The van der Waals surface area contributed by atoms with Crippen molar-refractivity contribution in [2.75, 3.05) is 13.2 Å². The molecule has 0 fully saturated rings. The lowest BCUT2D eigenvalue weighted by atomic mass is 10.1. The van der Waals surface area contributed by atoms with Gasteiger partial charge in [-0.05, 0) is 25.3 Å². The number of benzene rings is 1. The van der Waals surface area contributed by atoms with Gasteiger partial charge in [0.2, 0.25) is 0 Å². The van der Waals surface area contributed by atoms with E-state index in [1.165, 1.54) is 0 Å². The Balaban J connectivity index is 2.58. The van der Waals surface area contributed by atoms with Crippen LogP contribution in [0.4, 0.5) is 0 Å². The largest absolute Gasteiger partial charge is 0.493 e. The van der Waals surface area contributed by atoms with Crippen LogP contribution in [0.5, 0.6) is 5.75 Å². The van der Waals surface area contributed by atoms with Gasteiger partial charge in [-0.3, -0.25) is 0 Å². The highest BCUT2D eigenvalue weighted by molar-refractivity contribution is 5.40. The van der Waals surface area contributed by atoms with Gasteiger partial charge in [-0.1, -0.05) is 18.2 Å². The molecule has 15 heavy (non-hydrogen) atoms. The van der Waals surface area contributed by atoms with Crippen molar-refractivity contribution >= 4 is 0 Å². The van der Waals surface area contributed by atoms with Crippen LogP contribution in [-0.2, 0) is 6.54 Å². The van der Waals surface area contributed by atoms with Crippen LogP contribution < -0.4 is 10.5 Å². The molecule has 0 unspecified atom stereocenters. The first kappa shape index (κ1) is 12.0. The molecule has 1 aromatic rings. The van der Waals surface area contributed by atoms with E-state index in [0.29, 0.717) is 13.2 Å². The molecule has 84 valence electrons. The Morgan fingerprint density at radius 3 is 2.80 bits per heavy atom. The van der Waals surface area contributed by atoms with Gasteiger partial charge in [-0.15, -0.1) is 0 Å². The number of nitrogens with two attached hydrogens (primary N) is 1. The van der Waals surface area contributed by atoms with Crippen molar-refractivity contribution in [2.45, 2.75) is 26.3 Å². The second kappa shape index (κ2) is 6.43. The zero-order valence-electron chi connectivity index (χ0n) is 9.20. The Hall–Kier alpha value is -1.06. The fourth-order valence-electron chi connectivity index (χ4n) is 1.47. The zero-order valence-corrected chi connectivity index (χ0v) is 9.20. The van der Waals surface area contributed by atoms with Gasteiger partial charge in [0.1, 0.15) is 5.75 Å². The van der Waals surface area contributed by atoms with Crippen molar-refractivity contribution in [3.8, 4) is 5.75 Å². The van der Waals surface area contributed by atoms with Gasteiger partial charge in [0.25, 0.3) is 0 Å². The van der Waals surface area contributed by atoms with Crippen molar-refractivity contribution in [2.24, 2.45) is 5.73 Å². The number of unbranched alkanes of at least 4 members (excludes halogenated alkanes) is 1. The molecule has 0 radical (unpaired) electrons. The van der Waals surface area contributed by atoms with E-state index in [0.717, 1.165) is 29.7 Å². The van der Waals surface area contributed by atoms with Crippen LogP contribution in [0, 0.1) is 6.92 Å². The Morgan fingerprint density at radius 1 is 1.33 bits per heavy atom. The summed E-state index contributed by atoms with van der Waals surface area (Å²) in [5.41, 5.74) is 7.78. The predicted molar refractivity (Wildman–Crippen MR) is 60.9 cm³/mol. The standard InChI is InChI=1S/C12H19NO2/c1-10-5-4-6-11(9-13)12(10)15-8-3-2-7-14/h4-6,14H,2-3,7-9,13H2,1H3. The monoisotopic (exact) mass is 209 g/mol. The number of aryl methyl sites for hydroxylation is 1. The molecule has 3 heteroatoms. The molecule has 0 atom stereocenters. The van der Waals surface area contributed by atoms with Gasteiger partial charge in [-0.2, -0.15) is 0 Å². The van der Waals surface area contributed by atoms with Gasteiger partial charge in [0, 0.05) is 18.7 Å². The lowest BCUT2D eigenvalue weighted by molar-refractivity contribution is 0.251. The quantitative estimate of drug-likeness (QED) is 0.700. The Labute approximate surface area is 90.9 Å². The highest BCUT2D eigenvalue weighted by Crippen LogP contribution is 2.23. The molecule has 0 saturated heterocycles. The maximum absolute atomic E-state index is 8.64. The van der Waals surface area contributed by atoms with Crippen molar-refractivity contribution in [1.29, 1.82) is 0 Å². The molecule has 0 aliphatic carbocycles. The number of para-hydroxylation sites is 1. The highest BCUT2D eigenvalue weighted by atomic mass is 16.5. The average molecular weight is 209 g/mol. The van der Waals surface area contributed by atoms with Crippen molar-refractivity contribution in [3.63, 3.8) is 0 Å². The van der Waals surface area contributed by atoms with Crippen LogP contribution in [-0.4, -0.2) is 18.3 Å². The first-order valence-electron chi connectivity index (χ1n) is 5.31. The lowest BCUT2D eigenvalue weighted by Crippen LogP contribution is -2.05. The van der Waals surface area contributed by atoms with E-state index in [4.69, 9.17) is 15.6 Å². The second-order valence-electron chi connectivity index (χ2n) is 3.55. The van der Waals surface area contributed by atoms with Crippen LogP contribution in [0.3, 0.4) is 0 Å². The van der Waals surface area contributed by atoms with E-state index >= 15 is 0 Å². The van der Waals surface area contributed by atoms with E-state index in [9.17, 15) is 0 Å². The van der Waals surface area contributed by atoms with Gasteiger partial charge in [0.15, 0.2) is 0 Å². The number of ether oxygens (including phenoxy) is 1. The molecule has 3 nitrogen and oxygen atoms in total. The van der Waals surface area contributed by atoms with Gasteiger partial charge < -0.3 is 15.6 Å². The number of hydrogen-bond acceptors (Lipinski definition) is 3. The minimum Gasteiger partial charge on any atom is -0.493 e. The van der Waals surface area contributed by atoms with E-state index in [1.54, 1.807) is 0 Å². The fraction of sp³-hybridized carbons (Fsp3) is 0.500. The maximum atomic E-state index is 8.64. The van der Waals surface area contributed by atoms with E-state index in [2.05, 4.69) is 0 Å². The van der Waals surface area contributed by atoms with Crippen LogP contribution in [0.2, 0.25) is 0 Å². The highest BCUT2D eigenvalue weighted by Gasteiger charge is 2.04. The fourth-order valence-corrected chi connectivity index (χ4v) is 1.47. The maximum Gasteiger partial charge on any atom is 0.126 e. The molecule has 0 aromatic heterocycles.